The summed E-state index contributed by atoms with van der Waals surface area (Å²) in [6.45, 7) is 0.206. The molecule has 2 N–H and O–H groups in total. The number of nitrogens with zero attached hydrogens (tertiary/aromatic N) is 1. The van der Waals surface area contributed by atoms with Gasteiger partial charge in [-0.2, -0.15) is 5.26 Å². The van der Waals surface area contributed by atoms with Crippen molar-refractivity contribution in [2.45, 2.75) is 6.54 Å². The van der Waals surface area contributed by atoms with Gasteiger partial charge < -0.3 is 19.9 Å². The third-order valence-corrected chi connectivity index (χ3v) is 4.45. The molecule has 26 heavy (non-hydrogen) atoms. The van der Waals surface area contributed by atoms with Gasteiger partial charge in [0.05, 0.1) is 17.8 Å². The molecule has 0 spiro atoms. The molecule has 0 bridgehead atoms. The van der Waals surface area contributed by atoms with E-state index in [0.29, 0.717) is 20.6 Å². The molecular weight excluding hydrogens is 447 g/mol. The molecule has 7 heteroatoms. The van der Waals surface area contributed by atoms with E-state index in [0.717, 1.165) is 5.56 Å². The lowest BCUT2D eigenvalue weighted by atomic mass is 10.1. The number of amides is 1. The fourth-order valence-electron chi connectivity index (χ4n) is 2.20. The lowest BCUT2D eigenvalue weighted by molar-refractivity contribution is -0.117. The van der Waals surface area contributed by atoms with E-state index in [1.54, 1.807) is 37.4 Å². The predicted octanol–water partition coefficient (Wildman–Crippen LogP) is 3.24. The monoisotopic (exact) mass is 464 g/mol. The minimum Gasteiger partial charge on any atom is -0.507 e. The van der Waals surface area contributed by atoms with E-state index >= 15 is 0 Å². The molecule has 2 aromatic rings. The van der Waals surface area contributed by atoms with Crippen LogP contribution in [0.25, 0.3) is 6.08 Å². The molecule has 0 atom stereocenters. The Labute approximate surface area is 165 Å². The van der Waals surface area contributed by atoms with Gasteiger partial charge in [-0.1, -0.05) is 6.07 Å². The molecule has 0 aliphatic rings. The molecule has 0 aromatic heterocycles. The molecular formula is C19H17IN2O4. The van der Waals surface area contributed by atoms with E-state index in [9.17, 15) is 15.2 Å². The van der Waals surface area contributed by atoms with Crippen molar-refractivity contribution in [1.82, 2.24) is 5.32 Å². The first kappa shape index (κ1) is 19.6. The van der Waals surface area contributed by atoms with Crippen molar-refractivity contribution in [1.29, 1.82) is 5.26 Å². The summed E-state index contributed by atoms with van der Waals surface area (Å²) in [4.78, 5) is 12.3. The molecule has 6 nitrogen and oxygen atoms in total. The molecule has 0 fully saturated rings. The summed E-state index contributed by atoms with van der Waals surface area (Å²) in [5, 5.41) is 21.5. The molecule has 134 valence electrons. The van der Waals surface area contributed by atoms with Crippen molar-refractivity contribution in [3.8, 4) is 23.3 Å². The van der Waals surface area contributed by atoms with Gasteiger partial charge in [-0.05, 0) is 58.5 Å². The van der Waals surface area contributed by atoms with Gasteiger partial charge in [0.25, 0.3) is 5.91 Å². The number of nitriles is 1. The van der Waals surface area contributed by atoms with Gasteiger partial charge in [-0.3, -0.25) is 4.79 Å². The van der Waals surface area contributed by atoms with E-state index in [1.807, 2.05) is 28.7 Å². The highest BCUT2D eigenvalue weighted by Crippen LogP contribution is 2.24. The van der Waals surface area contributed by atoms with Crippen LogP contribution in [0.5, 0.6) is 17.2 Å². The highest BCUT2D eigenvalue weighted by Gasteiger charge is 2.11. The van der Waals surface area contributed by atoms with Crippen molar-refractivity contribution in [3.63, 3.8) is 0 Å². The average Bonchev–Trinajstić information content (AvgIpc) is 2.66. The maximum atomic E-state index is 12.3. The average molecular weight is 464 g/mol. The van der Waals surface area contributed by atoms with Crippen LogP contribution in [0.15, 0.2) is 42.0 Å². The smallest absolute Gasteiger partial charge is 0.262 e. The summed E-state index contributed by atoms with van der Waals surface area (Å²) >= 11 is 1.98. The SMILES string of the molecule is COc1ccc(CNC(=O)/C(C#N)=C/c2ccc(O)c(I)c2)c(OC)c1. The number of carbonyl (C=O) groups is 1. The zero-order valence-electron chi connectivity index (χ0n) is 14.2. The largest absolute Gasteiger partial charge is 0.507 e. The third kappa shape index (κ3) is 4.89. The number of rotatable bonds is 6. The van der Waals surface area contributed by atoms with Gasteiger partial charge in [0, 0.05) is 18.2 Å². The molecule has 0 aliphatic carbocycles. The second kappa shape index (κ2) is 9.10. The minimum atomic E-state index is -0.492. The fraction of sp³-hybridized carbons (Fsp3) is 0.158. The molecule has 0 saturated carbocycles. The van der Waals surface area contributed by atoms with Gasteiger partial charge in [-0.15, -0.1) is 0 Å². The van der Waals surface area contributed by atoms with Crippen molar-refractivity contribution in [2.75, 3.05) is 14.2 Å². The summed E-state index contributed by atoms with van der Waals surface area (Å²) in [5.41, 5.74) is 1.39. The van der Waals surface area contributed by atoms with Crippen molar-refractivity contribution < 1.29 is 19.4 Å². The number of aromatic hydroxyl groups is 1. The first-order chi connectivity index (χ1) is 12.5. The number of methoxy groups -OCH3 is 2. The van der Waals surface area contributed by atoms with Crippen LogP contribution in [0.4, 0.5) is 0 Å². The van der Waals surface area contributed by atoms with Crippen LogP contribution >= 0.6 is 22.6 Å². The molecule has 0 saturated heterocycles. The van der Waals surface area contributed by atoms with Gasteiger partial charge in [0.1, 0.15) is 28.9 Å². The van der Waals surface area contributed by atoms with Gasteiger partial charge in [0.2, 0.25) is 0 Å². The van der Waals surface area contributed by atoms with Crippen LogP contribution in [-0.2, 0) is 11.3 Å². The Hall–Kier alpha value is -2.73. The number of hydrogen-bond acceptors (Lipinski definition) is 5. The minimum absolute atomic E-state index is 0.0287. The Morgan fingerprint density at radius 2 is 2.04 bits per heavy atom. The number of hydrogen-bond donors (Lipinski definition) is 2. The maximum absolute atomic E-state index is 12.3. The molecule has 2 aromatic carbocycles. The Morgan fingerprint density at radius 1 is 1.27 bits per heavy atom. The van der Waals surface area contributed by atoms with Crippen LogP contribution in [0.1, 0.15) is 11.1 Å². The highest BCUT2D eigenvalue weighted by atomic mass is 127. The van der Waals surface area contributed by atoms with E-state index in [1.165, 1.54) is 19.3 Å². The quantitative estimate of drug-likeness (QED) is 0.389. The topological polar surface area (TPSA) is 91.6 Å². The predicted molar refractivity (Wildman–Crippen MR) is 106 cm³/mol. The second-order valence-corrected chi connectivity index (χ2v) is 6.40. The van der Waals surface area contributed by atoms with E-state index in [2.05, 4.69) is 5.32 Å². The van der Waals surface area contributed by atoms with Gasteiger partial charge in [0.15, 0.2) is 0 Å². The Bertz CT molecular complexity index is 888. The molecule has 2 rings (SSSR count). The normalized spacial score (nSPS) is 10.8. The zero-order chi connectivity index (χ0) is 19.1. The summed E-state index contributed by atoms with van der Waals surface area (Å²) in [6.07, 6.45) is 1.47. The Balaban J connectivity index is 2.14. The van der Waals surface area contributed by atoms with Crippen LogP contribution in [-0.4, -0.2) is 25.2 Å². The first-order valence-electron chi connectivity index (χ1n) is 7.58. The Morgan fingerprint density at radius 3 is 2.65 bits per heavy atom. The number of halogens is 1. The fourth-order valence-corrected chi connectivity index (χ4v) is 2.74. The highest BCUT2D eigenvalue weighted by molar-refractivity contribution is 14.1. The number of carbonyl (C=O) groups excluding carboxylic acids is 1. The molecule has 1 amide bonds. The van der Waals surface area contributed by atoms with Crippen LogP contribution in [0.3, 0.4) is 0 Å². The third-order valence-electron chi connectivity index (χ3n) is 3.58. The molecule has 0 aliphatic heterocycles. The second-order valence-electron chi connectivity index (χ2n) is 5.24. The standard InChI is InChI=1S/C19H17IN2O4/c1-25-15-5-4-13(18(9-15)26-2)11-22-19(24)14(10-21)7-12-3-6-17(23)16(20)8-12/h3-9,23H,11H2,1-2H3,(H,22,24)/b14-7+. The molecule has 0 radical (unpaired) electrons. The van der Waals surface area contributed by atoms with Gasteiger partial charge in [-0.25, -0.2) is 0 Å². The van der Waals surface area contributed by atoms with Crippen LogP contribution in [0, 0.1) is 14.9 Å². The van der Waals surface area contributed by atoms with E-state index in [-0.39, 0.29) is 17.9 Å². The Kier molecular flexibility index (Phi) is 6.86. The number of benzene rings is 2. The summed E-state index contributed by atoms with van der Waals surface area (Å²) in [5.74, 6) is 0.891. The molecule has 0 heterocycles. The van der Waals surface area contributed by atoms with Crippen LogP contribution in [0.2, 0.25) is 0 Å². The number of nitrogens with one attached hydrogen (secondary N) is 1. The zero-order valence-corrected chi connectivity index (χ0v) is 16.4. The lowest BCUT2D eigenvalue weighted by Crippen LogP contribution is -2.24. The number of phenols is 1. The van der Waals surface area contributed by atoms with Crippen molar-refractivity contribution in [3.05, 3.63) is 56.7 Å². The van der Waals surface area contributed by atoms with Gasteiger partial charge >= 0.3 is 0 Å². The van der Waals surface area contributed by atoms with Crippen molar-refractivity contribution >= 4 is 34.6 Å². The summed E-state index contributed by atoms with van der Waals surface area (Å²) in [6, 6.07) is 12.0. The first-order valence-corrected chi connectivity index (χ1v) is 8.65. The number of phenolic OH excluding ortho intramolecular Hbond substituents is 1. The summed E-state index contributed by atoms with van der Waals surface area (Å²) < 4.78 is 11.1. The van der Waals surface area contributed by atoms with E-state index in [4.69, 9.17) is 9.47 Å². The van der Waals surface area contributed by atoms with Crippen LogP contribution < -0.4 is 14.8 Å². The maximum Gasteiger partial charge on any atom is 0.262 e. The van der Waals surface area contributed by atoms with E-state index < -0.39 is 5.91 Å². The summed E-state index contributed by atoms with van der Waals surface area (Å²) in [7, 11) is 3.10. The molecule has 0 unspecified atom stereocenters. The van der Waals surface area contributed by atoms with Crippen molar-refractivity contribution in [2.24, 2.45) is 0 Å². The lowest BCUT2D eigenvalue weighted by Gasteiger charge is -2.11. The number of ether oxygens (including phenoxy) is 2.